The molecule has 222 valence electrons. The number of halogens is 3. The van der Waals surface area contributed by atoms with Crippen LogP contribution in [0.2, 0.25) is 0 Å². The van der Waals surface area contributed by atoms with Gasteiger partial charge in [0.25, 0.3) is 0 Å². The third kappa shape index (κ3) is 5.57. The summed E-state index contributed by atoms with van der Waals surface area (Å²) < 4.78 is 45.6. The molecule has 1 aliphatic carbocycles. The SMILES string of the molecule is COC(=O)C[C@@H]1C[C@H](C2CC(c3ccc(NC(=O)Nc4cccc(C(F)(F)F)c4)cc3)=c3c(N)nn(C)c3=N2)C1(C)C. The van der Waals surface area contributed by atoms with Crippen LogP contribution in [0.5, 0.6) is 0 Å². The molecule has 1 aliphatic heterocycles. The first kappa shape index (κ1) is 29.2. The number of rotatable bonds is 6. The van der Waals surface area contributed by atoms with Gasteiger partial charge in [0, 0.05) is 24.8 Å². The highest BCUT2D eigenvalue weighted by Gasteiger charge is 2.52. The lowest BCUT2D eigenvalue weighted by Crippen LogP contribution is -2.53. The van der Waals surface area contributed by atoms with Crippen molar-refractivity contribution in [1.29, 1.82) is 0 Å². The van der Waals surface area contributed by atoms with E-state index in [4.69, 9.17) is 15.5 Å². The van der Waals surface area contributed by atoms with E-state index in [2.05, 4.69) is 29.6 Å². The van der Waals surface area contributed by atoms with Crippen molar-refractivity contribution in [3.05, 3.63) is 70.4 Å². The number of nitrogen functional groups attached to an aromatic ring is 1. The second-order valence-corrected chi connectivity index (χ2v) is 11.5. The predicted molar refractivity (Wildman–Crippen MR) is 152 cm³/mol. The average molecular weight is 583 g/mol. The smallest absolute Gasteiger partial charge is 0.416 e. The number of fused-ring (bicyclic) bond motifs is 1. The number of nitrogens with zero attached hydrogens (tertiary/aromatic N) is 3. The number of anilines is 3. The minimum atomic E-state index is -4.51. The molecule has 2 aliphatic rings. The first-order chi connectivity index (χ1) is 19.8. The Morgan fingerprint density at radius 2 is 1.81 bits per heavy atom. The summed E-state index contributed by atoms with van der Waals surface area (Å²) in [6.45, 7) is 4.34. The fraction of sp³-hybridized carbons (Fsp3) is 0.400. The molecule has 9 nitrogen and oxygen atoms in total. The number of ether oxygens (including phenoxy) is 1. The van der Waals surface area contributed by atoms with Crippen molar-refractivity contribution < 1.29 is 27.5 Å². The van der Waals surface area contributed by atoms with Gasteiger partial charge in [-0.25, -0.2) is 9.48 Å². The minimum absolute atomic E-state index is 0.0267. The molecule has 0 bridgehead atoms. The molecule has 0 spiro atoms. The number of hydrogen-bond acceptors (Lipinski definition) is 6. The highest BCUT2D eigenvalue weighted by molar-refractivity contribution is 5.99. The van der Waals surface area contributed by atoms with Gasteiger partial charge in [-0.15, -0.1) is 0 Å². The molecule has 4 N–H and O–H groups in total. The summed E-state index contributed by atoms with van der Waals surface area (Å²) in [5.74, 6) is 0.619. The van der Waals surface area contributed by atoms with Gasteiger partial charge >= 0.3 is 18.2 Å². The Morgan fingerprint density at radius 1 is 1.12 bits per heavy atom. The predicted octanol–water partition coefficient (Wildman–Crippen LogP) is 4.48. The Hall–Kier alpha value is -4.35. The van der Waals surface area contributed by atoms with Crippen molar-refractivity contribution in [3.63, 3.8) is 0 Å². The maximum atomic E-state index is 13.0. The van der Waals surface area contributed by atoms with Crippen LogP contribution >= 0.6 is 0 Å². The van der Waals surface area contributed by atoms with Crippen LogP contribution in [0.15, 0.2) is 53.5 Å². The summed E-state index contributed by atoms with van der Waals surface area (Å²) in [4.78, 5) is 29.5. The molecule has 3 atom stereocenters. The van der Waals surface area contributed by atoms with Gasteiger partial charge in [-0.05, 0) is 71.6 Å². The molecular weight excluding hydrogens is 549 g/mol. The zero-order chi connectivity index (χ0) is 30.4. The van der Waals surface area contributed by atoms with Gasteiger partial charge in [-0.3, -0.25) is 9.79 Å². The summed E-state index contributed by atoms with van der Waals surface area (Å²) in [6.07, 6.45) is -2.65. The van der Waals surface area contributed by atoms with E-state index in [9.17, 15) is 22.8 Å². The molecule has 42 heavy (non-hydrogen) atoms. The molecule has 1 saturated carbocycles. The molecular formula is C30H33F3N6O3. The first-order valence-electron chi connectivity index (χ1n) is 13.6. The standard InChI is InChI=1S/C30H33F3N6O3/c1-29(2)18(14-24(40)42-4)13-22(29)23-15-21(25-26(34)38-39(3)27(25)37-23)16-8-10-19(11-9-16)35-28(41)36-20-7-5-6-17(12-20)30(31,32)33/h5-12,18,22-23H,13-15H2,1-4H3,(H2,34,38)(H2,35,36,41)/t18-,22+,23?/m0/s1. The van der Waals surface area contributed by atoms with Gasteiger partial charge < -0.3 is 21.1 Å². The number of esters is 1. The van der Waals surface area contributed by atoms with Crippen LogP contribution in [-0.4, -0.2) is 34.9 Å². The number of amides is 2. The van der Waals surface area contributed by atoms with Crippen molar-refractivity contribution in [2.45, 2.75) is 45.3 Å². The van der Waals surface area contributed by atoms with Gasteiger partial charge in [0.15, 0.2) is 11.3 Å². The van der Waals surface area contributed by atoms with E-state index in [1.54, 1.807) is 23.9 Å². The third-order valence-electron chi connectivity index (χ3n) is 8.64. The monoisotopic (exact) mass is 582 g/mol. The van der Waals surface area contributed by atoms with Gasteiger partial charge in [0.1, 0.15) is 0 Å². The Bertz CT molecular complexity index is 1650. The number of urea groups is 1. The molecule has 2 heterocycles. The average Bonchev–Trinajstić information content (AvgIpc) is 3.23. The number of methoxy groups -OCH3 is 1. The lowest BCUT2D eigenvalue weighted by molar-refractivity contribution is -0.147. The van der Waals surface area contributed by atoms with Crippen LogP contribution in [0, 0.1) is 17.3 Å². The molecule has 2 aromatic carbocycles. The second-order valence-electron chi connectivity index (χ2n) is 11.5. The summed E-state index contributed by atoms with van der Waals surface area (Å²) in [7, 11) is 3.21. The van der Waals surface area contributed by atoms with E-state index in [1.807, 2.05) is 12.1 Å². The van der Waals surface area contributed by atoms with Gasteiger partial charge in [0.05, 0.1) is 23.9 Å². The fourth-order valence-corrected chi connectivity index (χ4v) is 6.14. The van der Waals surface area contributed by atoms with E-state index >= 15 is 0 Å². The van der Waals surface area contributed by atoms with Crippen molar-refractivity contribution in [3.8, 4) is 0 Å². The van der Waals surface area contributed by atoms with Gasteiger partial charge in [-0.1, -0.05) is 32.0 Å². The number of carbonyl (C=O) groups is 2. The topological polar surface area (TPSA) is 124 Å². The quantitative estimate of drug-likeness (QED) is 0.370. The van der Waals surface area contributed by atoms with Crippen LogP contribution in [0.1, 0.15) is 44.2 Å². The van der Waals surface area contributed by atoms with Crippen molar-refractivity contribution in [1.82, 2.24) is 9.78 Å². The molecule has 12 heteroatoms. The number of nitrogens with one attached hydrogen (secondary N) is 2. The largest absolute Gasteiger partial charge is 0.469 e. The second kappa shape index (κ2) is 10.8. The van der Waals surface area contributed by atoms with E-state index in [0.717, 1.165) is 34.9 Å². The number of nitrogens with two attached hydrogens (primary N) is 1. The zero-order valence-corrected chi connectivity index (χ0v) is 23.7. The lowest BCUT2D eigenvalue weighted by atomic mass is 9.51. The number of carbonyl (C=O) groups excluding carboxylic acids is 2. The van der Waals surface area contributed by atoms with E-state index in [1.165, 1.54) is 19.2 Å². The van der Waals surface area contributed by atoms with Crippen LogP contribution in [0.3, 0.4) is 0 Å². The Balaban J connectivity index is 1.35. The highest BCUT2D eigenvalue weighted by Crippen LogP contribution is 2.56. The van der Waals surface area contributed by atoms with E-state index in [-0.39, 0.29) is 34.9 Å². The van der Waals surface area contributed by atoms with Gasteiger partial charge in [0.2, 0.25) is 0 Å². The number of aryl methyl sites for hydroxylation is 1. The van der Waals surface area contributed by atoms with E-state index in [0.29, 0.717) is 29.8 Å². The third-order valence-corrected chi connectivity index (χ3v) is 8.64. The van der Waals surface area contributed by atoms with E-state index < -0.39 is 17.8 Å². The Labute approximate surface area is 240 Å². The lowest BCUT2D eigenvalue weighted by Gasteiger charge is -2.54. The highest BCUT2D eigenvalue weighted by atomic mass is 19.4. The molecule has 0 radical (unpaired) electrons. The fourth-order valence-electron chi connectivity index (χ4n) is 6.14. The summed E-state index contributed by atoms with van der Waals surface area (Å²) in [6, 6.07) is 10.9. The number of hydrogen-bond donors (Lipinski definition) is 3. The molecule has 5 rings (SSSR count). The number of aromatic nitrogens is 2. The normalized spacial score (nSPS) is 21.0. The minimum Gasteiger partial charge on any atom is -0.469 e. The van der Waals surface area contributed by atoms with Crippen molar-refractivity contribution in [2.24, 2.45) is 29.3 Å². The molecule has 0 saturated heterocycles. The molecule has 1 aromatic heterocycles. The van der Waals surface area contributed by atoms with Crippen LogP contribution in [0.25, 0.3) is 5.57 Å². The van der Waals surface area contributed by atoms with Gasteiger partial charge in [-0.2, -0.15) is 18.3 Å². The van der Waals surface area contributed by atoms with Crippen LogP contribution < -0.4 is 27.1 Å². The maximum Gasteiger partial charge on any atom is 0.416 e. The van der Waals surface area contributed by atoms with Crippen LogP contribution in [0.4, 0.5) is 35.2 Å². The summed E-state index contributed by atoms with van der Waals surface area (Å²) in [5, 5.41) is 10.3. The molecule has 1 unspecified atom stereocenters. The molecule has 1 fully saturated rings. The maximum absolute atomic E-state index is 13.0. The van der Waals surface area contributed by atoms with Crippen molar-refractivity contribution >= 4 is 34.8 Å². The first-order valence-corrected chi connectivity index (χ1v) is 13.6. The van der Waals surface area contributed by atoms with Crippen LogP contribution in [-0.2, 0) is 22.8 Å². The molecule has 3 aromatic rings. The Morgan fingerprint density at radius 3 is 2.45 bits per heavy atom. The number of alkyl halides is 3. The summed E-state index contributed by atoms with van der Waals surface area (Å²) in [5.41, 5.74) is 8.42. The zero-order valence-electron chi connectivity index (χ0n) is 23.7. The van der Waals surface area contributed by atoms with Crippen molar-refractivity contribution in [2.75, 3.05) is 23.5 Å². The number of benzene rings is 2. The summed E-state index contributed by atoms with van der Waals surface area (Å²) >= 11 is 0. The Kier molecular flexibility index (Phi) is 7.50. The molecule has 2 amide bonds.